The van der Waals surface area contributed by atoms with Gasteiger partial charge >= 0.3 is 0 Å². The molecule has 2 atom stereocenters. The molecule has 41 heavy (non-hydrogen) atoms. The zero-order valence-electron chi connectivity index (χ0n) is 25.0. The van der Waals surface area contributed by atoms with Crippen LogP contribution in [0.25, 0.3) is 10.8 Å². The maximum Gasteiger partial charge on any atom is 0.257 e. The third-order valence-corrected chi connectivity index (χ3v) is 8.01. The lowest BCUT2D eigenvalue weighted by atomic mass is 9.99. The Labute approximate surface area is 247 Å². The lowest BCUT2D eigenvalue weighted by Crippen LogP contribution is -2.57. The molecular weight excluding hydrogens is 534 g/mol. The second-order valence-electron chi connectivity index (χ2n) is 11.2. The van der Waals surface area contributed by atoms with Crippen LogP contribution in [0.4, 0.5) is 0 Å². The predicted molar refractivity (Wildman–Crippen MR) is 167 cm³/mol. The van der Waals surface area contributed by atoms with Crippen LogP contribution in [-0.4, -0.2) is 77.8 Å². The van der Waals surface area contributed by atoms with E-state index >= 15 is 0 Å². The zero-order valence-corrected chi connectivity index (χ0v) is 25.8. The third kappa shape index (κ3) is 9.24. The zero-order chi connectivity index (χ0) is 30.2. The van der Waals surface area contributed by atoms with Crippen LogP contribution in [0, 0.1) is 0 Å². The highest BCUT2D eigenvalue weighted by molar-refractivity contribution is 7.09. The summed E-state index contributed by atoms with van der Waals surface area (Å²) in [7, 11) is 5.06. The van der Waals surface area contributed by atoms with Crippen molar-refractivity contribution < 1.29 is 14.4 Å². The molecule has 0 aliphatic carbocycles. The maximum atomic E-state index is 14.2. The Morgan fingerprint density at radius 2 is 1.66 bits per heavy atom. The minimum Gasteiger partial charge on any atom is -0.332 e. The summed E-state index contributed by atoms with van der Waals surface area (Å²) in [6.07, 6.45) is 4.41. The van der Waals surface area contributed by atoms with Crippen molar-refractivity contribution in [1.29, 1.82) is 0 Å². The highest BCUT2D eigenvalue weighted by atomic mass is 32.1. The number of benzene rings is 2. The highest BCUT2D eigenvalue weighted by Crippen LogP contribution is 2.21. The summed E-state index contributed by atoms with van der Waals surface area (Å²) in [5.74, 6) is -0.883. The summed E-state index contributed by atoms with van der Waals surface area (Å²) in [5, 5.41) is 5.80. The Morgan fingerprint density at radius 1 is 0.951 bits per heavy atom. The number of carbonyl (C=O) groups is 3. The fourth-order valence-electron chi connectivity index (χ4n) is 4.47. The van der Waals surface area contributed by atoms with Crippen molar-refractivity contribution in [3.8, 4) is 0 Å². The molecule has 3 aromatic rings. The van der Waals surface area contributed by atoms with E-state index in [1.165, 1.54) is 15.9 Å². The number of hydrogen-bond acceptors (Lipinski definition) is 6. The molecule has 9 heteroatoms. The van der Waals surface area contributed by atoms with Crippen molar-refractivity contribution in [2.24, 2.45) is 5.73 Å². The van der Waals surface area contributed by atoms with Gasteiger partial charge in [-0.3, -0.25) is 19.8 Å². The number of thiophene rings is 1. The summed E-state index contributed by atoms with van der Waals surface area (Å²) in [4.78, 5) is 44.9. The first-order chi connectivity index (χ1) is 19.4. The number of hydrogen-bond donors (Lipinski definition) is 2. The number of nitrogens with zero attached hydrogens (tertiary/aromatic N) is 3. The first-order valence-corrected chi connectivity index (χ1v) is 14.8. The van der Waals surface area contributed by atoms with E-state index < -0.39 is 17.6 Å². The Bertz CT molecular complexity index is 1350. The van der Waals surface area contributed by atoms with Crippen LogP contribution in [0.5, 0.6) is 0 Å². The van der Waals surface area contributed by atoms with E-state index in [4.69, 9.17) is 5.73 Å². The highest BCUT2D eigenvalue weighted by Gasteiger charge is 2.35. The number of fused-ring (bicyclic) bond motifs is 1. The molecule has 0 aliphatic heterocycles. The van der Waals surface area contributed by atoms with Gasteiger partial charge in [0, 0.05) is 50.9 Å². The van der Waals surface area contributed by atoms with Crippen LogP contribution >= 0.6 is 11.3 Å². The summed E-state index contributed by atoms with van der Waals surface area (Å²) in [6, 6.07) is 16.4. The van der Waals surface area contributed by atoms with Crippen LogP contribution in [0.1, 0.15) is 37.6 Å². The standard InChI is InChI=1S/C32H43N5O3S/c1-7-35(4)34-30(39)27(22-26-14-11-19-41-26)37(6)31(40)28(36(5)29(38)15-10-18-32(2,3)33)21-23-16-17-24-12-8-9-13-25(24)20-23/h8-17,19-20,27-28H,7,18,21-22,33H2,1-6H3,(H,34,39)/b15-10+/t27-,28-/m1/s1. The van der Waals surface area contributed by atoms with Crippen molar-refractivity contribution in [2.75, 3.05) is 27.7 Å². The summed E-state index contributed by atoms with van der Waals surface area (Å²) in [5.41, 5.74) is 9.43. The third-order valence-electron chi connectivity index (χ3n) is 7.12. The minimum atomic E-state index is -0.827. The van der Waals surface area contributed by atoms with Crippen molar-refractivity contribution >= 4 is 39.8 Å². The molecule has 8 nitrogen and oxygen atoms in total. The van der Waals surface area contributed by atoms with Crippen LogP contribution in [0.3, 0.4) is 0 Å². The Morgan fingerprint density at radius 3 is 2.29 bits per heavy atom. The first kappa shape index (κ1) is 32.0. The smallest absolute Gasteiger partial charge is 0.257 e. The number of amides is 3. The van der Waals surface area contributed by atoms with Gasteiger partial charge in [-0.1, -0.05) is 61.5 Å². The molecule has 0 saturated carbocycles. The topological polar surface area (TPSA) is 99.0 Å². The number of hydrazine groups is 1. The van der Waals surface area contributed by atoms with Crippen LogP contribution < -0.4 is 11.2 Å². The van der Waals surface area contributed by atoms with Gasteiger partial charge in [0.05, 0.1) is 0 Å². The van der Waals surface area contributed by atoms with E-state index in [0.29, 0.717) is 25.8 Å². The molecular formula is C32H43N5O3S. The van der Waals surface area contributed by atoms with Gasteiger partial charge in [-0.15, -0.1) is 11.3 Å². The van der Waals surface area contributed by atoms with Crippen molar-refractivity contribution in [1.82, 2.24) is 20.2 Å². The first-order valence-electron chi connectivity index (χ1n) is 13.9. The average molecular weight is 578 g/mol. The average Bonchev–Trinajstić information content (AvgIpc) is 3.46. The number of rotatable bonds is 13. The summed E-state index contributed by atoms with van der Waals surface area (Å²) < 4.78 is 0. The summed E-state index contributed by atoms with van der Waals surface area (Å²) >= 11 is 1.54. The van der Waals surface area contributed by atoms with Crippen molar-refractivity contribution in [3.05, 3.63) is 82.6 Å². The number of nitrogens with one attached hydrogen (secondary N) is 1. The molecule has 1 aromatic heterocycles. The molecule has 3 N–H and O–H groups in total. The molecule has 0 aliphatic rings. The Hall–Kier alpha value is -3.53. The quantitative estimate of drug-likeness (QED) is 0.236. The second kappa shape index (κ2) is 14.4. The number of likely N-dealkylation sites (N-methyl/N-ethyl adjacent to an activating group) is 2. The maximum absolute atomic E-state index is 14.2. The molecule has 0 spiro atoms. The monoisotopic (exact) mass is 577 g/mol. The van der Waals surface area contributed by atoms with E-state index in [0.717, 1.165) is 21.2 Å². The van der Waals surface area contributed by atoms with Gasteiger partial charge < -0.3 is 15.5 Å². The molecule has 0 bridgehead atoms. The van der Waals surface area contributed by atoms with Gasteiger partial charge in [0.15, 0.2) is 0 Å². The van der Waals surface area contributed by atoms with Crippen LogP contribution in [0.15, 0.2) is 72.1 Å². The van der Waals surface area contributed by atoms with Gasteiger partial charge in [-0.05, 0) is 54.1 Å². The fourth-order valence-corrected chi connectivity index (χ4v) is 5.21. The SMILES string of the molecule is CCN(C)NC(=O)[C@@H](Cc1cccs1)N(C)C(=O)[C@@H](Cc1ccc2ccccc2c1)N(C)C(=O)/C=C/CC(C)(C)N. The predicted octanol–water partition coefficient (Wildman–Crippen LogP) is 4.01. The van der Waals surface area contributed by atoms with Gasteiger partial charge in [-0.2, -0.15) is 0 Å². The fraction of sp³-hybridized carbons (Fsp3) is 0.406. The minimum absolute atomic E-state index is 0.276. The molecule has 0 saturated heterocycles. The van der Waals surface area contributed by atoms with Crippen LogP contribution in [0.2, 0.25) is 0 Å². The summed E-state index contributed by atoms with van der Waals surface area (Å²) in [6.45, 7) is 6.33. The van der Waals surface area contributed by atoms with Gasteiger partial charge in [-0.25, -0.2) is 5.01 Å². The lowest BCUT2D eigenvalue weighted by molar-refractivity contribution is -0.147. The Kier molecular flexibility index (Phi) is 11.2. The molecule has 3 amide bonds. The Balaban J connectivity index is 1.94. The molecule has 0 unspecified atom stereocenters. The largest absolute Gasteiger partial charge is 0.332 e. The van der Waals surface area contributed by atoms with Gasteiger partial charge in [0.2, 0.25) is 11.8 Å². The molecule has 0 radical (unpaired) electrons. The normalized spacial score (nSPS) is 13.4. The van der Waals surface area contributed by atoms with E-state index in [-0.39, 0.29) is 17.7 Å². The van der Waals surface area contributed by atoms with E-state index in [1.807, 2.05) is 80.7 Å². The van der Waals surface area contributed by atoms with Crippen molar-refractivity contribution in [2.45, 2.75) is 57.7 Å². The lowest BCUT2D eigenvalue weighted by Gasteiger charge is -2.34. The van der Waals surface area contributed by atoms with Crippen LogP contribution in [-0.2, 0) is 27.2 Å². The number of carbonyl (C=O) groups excluding carboxylic acids is 3. The van der Waals surface area contributed by atoms with Gasteiger partial charge in [0.1, 0.15) is 12.1 Å². The molecule has 2 aromatic carbocycles. The van der Waals surface area contributed by atoms with E-state index in [9.17, 15) is 14.4 Å². The van der Waals surface area contributed by atoms with E-state index in [1.54, 1.807) is 43.6 Å². The van der Waals surface area contributed by atoms with Gasteiger partial charge in [0.25, 0.3) is 5.91 Å². The molecule has 3 rings (SSSR count). The number of nitrogens with two attached hydrogens (primary N) is 1. The molecule has 220 valence electrons. The van der Waals surface area contributed by atoms with E-state index in [2.05, 4.69) is 5.43 Å². The second-order valence-corrected chi connectivity index (χ2v) is 12.2. The molecule has 1 heterocycles. The molecule has 0 fully saturated rings. The van der Waals surface area contributed by atoms with Crippen molar-refractivity contribution in [3.63, 3.8) is 0 Å².